The van der Waals surface area contributed by atoms with Gasteiger partial charge in [0.05, 0.1) is 14.2 Å². The summed E-state index contributed by atoms with van der Waals surface area (Å²) in [5.41, 5.74) is 2.86. The van der Waals surface area contributed by atoms with Crippen molar-refractivity contribution in [3.63, 3.8) is 0 Å². The fourth-order valence-electron chi connectivity index (χ4n) is 2.66. The van der Waals surface area contributed by atoms with Gasteiger partial charge in [0.1, 0.15) is 17.2 Å². The molecule has 0 saturated heterocycles. The van der Waals surface area contributed by atoms with Crippen molar-refractivity contribution in [2.24, 2.45) is 0 Å². The first kappa shape index (κ1) is 19.0. The van der Waals surface area contributed by atoms with Crippen molar-refractivity contribution in [2.75, 3.05) is 14.2 Å². The normalized spacial score (nSPS) is 11.0. The Morgan fingerprint density at radius 3 is 1.86 bits per heavy atom. The second kappa shape index (κ2) is 8.77. The number of hydrogen-bond acceptors (Lipinski definition) is 4. The van der Waals surface area contributed by atoms with Crippen LogP contribution < -0.4 is 14.2 Å². The van der Waals surface area contributed by atoms with Gasteiger partial charge in [-0.2, -0.15) is 0 Å². The van der Waals surface area contributed by atoms with Crippen LogP contribution >= 0.6 is 0 Å². The first-order valence-corrected chi connectivity index (χ1v) is 8.60. The van der Waals surface area contributed by atoms with Crippen molar-refractivity contribution in [3.05, 3.63) is 84.1 Å². The summed E-state index contributed by atoms with van der Waals surface area (Å²) in [6.07, 6.45) is 1.48. The van der Waals surface area contributed by atoms with Crippen LogP contribution in [0, 0.1) is 0 Å². The predicted octanol–water partition coefficient (Wildman–Crippen LogP) is 4.88. The number of carbonyl (C=O) groups is 1. The quantitative estimate of drug-likeness (QED) is 0.470. The first-order valence-electron chi connectivity index (χ1n) is 8.60. The molecule has 0 bridgehead atoms. The lowest BCUT2D eigenvalue weighted by Crippen LogP contribution is -2.07. The molecule has 0 amide bonds. The zero-order chi connectivity index (χ0) is 19.9. The Hall–Kier alpha value is -3.73. The van der Waals surface area contributed by atoms with Gasteiger partial charge < -0.3 is 19.3 Å². The van der Waals surface area contributed by atoms with Crippen LogP contribution in [0.15, 0.2) is 78.6 Å². The molecule has 1 N–H and O–H groups in total. The topological polar surface area (TPSA) is 65.0 Å². The Bertz CT molecular complexity index is 953. The van der Waals surface area contributed by atoms with Crippen LogP contribution in [0.4, 0.5) is 0 Å². The lowest BCUT2D eigenvalue weighted by atomic mass is 10.0. The Morgan fingerprint density at radius 1 is 0.786 bits per heavy atom. The molecule has 0 unspecified atom stereocenters. The summed E-state index contributed by atoms with van der Waals surface area (Å²) < 4.78 is 16.0. The van der Waals surface area contributed by atoms with E-state index in [1.807, 2.05) is 54.6 Å². The van der Waals surface area contributed by atoms with Crippen molar-refractivity contribution in [3.8, 4) is 28.4 Å². The van der Waals surface area contributed by atoms with Crippen LogP contribution in [-0.4, -0.2) is 25.3 Å². The van der Waals surface area contributed by atoms with E-state index in [2.05, 4.69) is 0 Å². The highest BCUT2D eigenvalue weighted by Crippen LogP contribution is 2.29. The minimum absolute atomic E-state index is 0.206. The van der Waals surface area contributed by atoms with E-state index in [0.29, 0.717) is 22.8 Å². The molecule has 0 spiro atoms. The van der Waals surface area contributed by atoms with Gasteiger partial charge in [0.15, 0.2) is 0 Å². The average molecular weight is 376 g/mol. The highest BCUT2D eigenvalue weighted by Gasteiger charge is 2.13. The molecule has 28 heavy (non-hydrogen) atoms. The van der Waals surface area contributed by atoms with E-state index in [0.717, 1.165) is 11.1 Å². The standard InChI is InChI=1S/C23H20O5/c1-26-19-13-20(27-2)15-21(14-19)28-22(23(24)25)12-16-8-10-18(11-9-16)17-6-4-3-5-7-17/h3-15H,1-2H3,(H,24,25). The SMILES string of the molecule is COc1cc(OC)cc(OC(=Cc2ccc(-c3ccccc3)cc2)C(=O)O)c1. The molecule has 5 nitrogen and oxygen atoms in total. The number of carboxylic acid groups (broad SMARTS) is 1. The fourth-order valence-corrected chi connectivity index (χ4v) is 2.66. The van der Waals surface area contributed by atoms with Crippen molar-refractivity contribution >= 4 is 12.0 Å². The van der Waals surface area contributed by atoms with E-state index in [9.17, 15) is 9.90 Å². The molecule has 0 aromatic heterocycles. The zero-order valence-corrected chi connectivity index (χ0v) is 15.6. The number of rotatable bonds is 7. The van der Waals surface area contributed by atoms with Gasteiger partial charge in [0, 0.05) is 18.2 Å². The number of aliphatic carboxylic acids is 1. The molecule has 0 atom stereocenters. The second-order valence-electron chi connectivity index (χ2n) is 5.95. The van der Waals surface area contributed by atoms with Crippen LogP contribution in [0.25, 0.3) is 17.2 Å². The summed E-state index contributed by atoms with van der Waals surface area (Å²) >= 11 is 0. The Morgan fingerprint density at radius 2 is 1.32 bits per heavy atom. The molecule has 142 valence electrons. The monoisotopic (exact) mass is 376 g/mol. The van der Waals surface area contributed by atoms with E-state index < -0.39 is 5.97 Å². The van der Waals surface area contributed by atoms with Gasteiger partial charge in [-0.05, 0) is 22.8 Å². The molecule has 0 aliphatic carbocycles. The third kappa shape index (κ3) is 4.71. The van der Waals surface area contributed by atoms with Gasteiger partial charge in [-0.1, -0.05) is 54.6 Å². The van der Waals surface area contributed by atoms with Gasteiger partial charge >= 0.3 is 5.97 Å². The van der Waals surface area contributed by atoms with E-state index in [1.54, 1.807) is 18.2 Å². The molecule has 3 aromatic carbocycles. The molecule has 0 heterocycles. The summed E-state index contributed by atoms with van der Waals surface area (Å²) in [4.78, 5) is 11.6. The molecule has 0 aliphatic heterocycles. The molecule has 0 fully saturated rings. The van der Waals surface area contributed by atoms with Crippen LogP contribution in [-0.2, 0) is 4.79 Å². The van der Waals surface area contributed by atoms with Gasteiger partial charge in [0.2, 0.25) is 5.76 Å². The first-order chi connectivity index (χ1) is 13.6. The van der Waals surface area contributed by atoms with Gasteiger partial charge in [-0.25, -0.2) is 4.79 Å². The molecule has 3 aromatic rings. The Balaban J connectivity index is 1.86. The van der Waals surface area contributed by atoms with Gasteiger partial charge in [-0.3, -0.25) is 0 Å². The van der Waals surface area contributed by atoms with Crippen LogP contribution in [0.3, 0.4) is 0 Å². The average Bonchev–Trinajstić information content (AvgIpc) is 2.74. The summed E-state index contributed by atoms with van der Waals surface area (Å²) in [7, 11) is 3.03. The minimum atomic E-state index is -1.17. The van der Waals surface area contributed by atoms with Crippen molar-refractivity contribution < 1.29 is 24.1 Å². The zero-order valence-electron chi connectivity index (χ0n) is 15.6. The van der Waals surface area contributed by atoms with E-state index in [4.69, 9.17) is 14.2 Å². The maximum absolute atomic E-state index is 11.6. The van der Waals surface area contributed by atoms with Crippen LogP contribution in [0.1, 0.15) is 5.56 Å². The van der Waals surface area contributed by atoms with E-state index in [1.165, 1.54) is 20.3 Å². The number of carboxylic acids is 1. The van der Waals surface area contributed by atoms with Crippen LogP contribution in [0.2, 0.25) is 0 Å². The molecule has 3 rings (SSSR count). The van der Waals surface area contributed by atoms with Crippen LogP contribution in [0.5, 0.6) is 17.2 Å². The minimum Gasteiger partial charge on any atom is -0.496 e. The molecule has 0 saturated carbocycles. The summed E-state index contributed by atoms with van der Waals surface area (Å²) in [5.74, 6) is -0.0555. The largest absolute Gasteiger partial charge is 0.496 e. The lowest BCUT2D eigenvalue weighted by molar-refractivity contribution is -0.134. The van der Waals surface area contributed by atoms with Crippen molar-refractivity contribution in [1.82, 2.24) is 0 Å². The third-order valence-electron chi connectivity index (χ3n) is 4.08. The number of hydrogen-bond donors (Lipinski definition) is 1. The molecular weight excluding hydrogens is 356 g/mol. The third-order valence-corrected chi connectivity index (χ3v) is 4.08. The van der Waals surface area contributed by atoms with E-state index >= 15 is 0 Å². The smallest absolute Gasteiger partial charge is 0.371 e. The number of ether oxygens (including phenoxy) is 3. The molecule has 0 radical (unpaired) electrons. The highest BCUT2D eigenvalue weighted by molar-refractivity contribution is 5.90. The molecular formula is C23H20O5. The maximum atomic E-state index is 11.6. The summed E-state index contributed by atoms with van der Waals surface area (Å²) in [5, 5.41) is 9.53. The summed E-state index contributed by atoms with van der Waals surface area (Å²) in [6, 6.07) is 22.4. The Labute approximate surface area is 163 Å². The highest BCUT2D eigenvalue weighted by atomic mass is 16.5. The van der Waals surface area contributed by atoms with E-state index in [-0.39, 0.29) is 5.76 Å². The summed E-state index contributed by atoms with van der Waals surface area (Å²) in [6.45, 7) is 0. The van der Waals surface area contributed by atoms with Gasteiger partial charge in [-0.15, -0.1) is 0 Å². The molecule has 5 heteroatoms. The Kier molecular flexibility index (Phi) is 5.97. The van der Waals surface area contributed by atoms with Gasteiger partial charge in [0.25, 0.3) is 0 Å². The number of methoxy groups -OCH3 is 2. The lowest BCUT2D eigenvalue weighted by Gasteiger charge is -2.10. The molecule has 0 aliphatic rings. The maximum Gasteiger partial charge on any atom is 0.371 e. The second-order valence-corrected chi connectivity index (χ2v) is 5.95. The van der Waals surface area contributed by atoms with Crippen molar-refractivity contribution in [1.29, 1.82) is 0 Å². The fraction of sp³-hybridized carbons (Fsp3) is 0.0870. The predicted molar refractivity (Wildman–Crippen MR) is 108 cm³/mol. The number of benzene rings is 3. The van der Waals surface area contributed by atoms with Crippen molar-refractivity contribution in [2.45, 2.75) is 0 Å².